The number of hydrogen-bond acceptors (Lipinski definition) is 2. The molecule has 0 aliphatic carbocycles. The Balaban J connectivity index is 2.04. The number of anilines is 2. The van der Waals surface area contributed by atoms with Gasteiger partial charge in [0.2, 0.25) is 0 Å². The van der Waals surface area contributed by atoms with Gasteiger partial charge in [0.25, 0.3) is 0 Å². The lowest BCUT2D eigenvalue weighted by Crippen LogP contribution is -2.14. The molecular formula is C13H11ClN2. The van der Waals surface area contributed by atoms with Crippen LogP contribution in [0.4, 0.5) is 11.5 Å². The predicted molar refractivity (Wildman–Crippen MR) is 66.4 cm³/mol. The van der Waals surface area contributed by atoms with Crippen LogP contribution >= 0.6 is 11.6 Å². The summed E-state index contributed by atoms with van der Waals surface area (Å²) in [5, 5.41) is 0.807. The second-order valence-corrected chi connectivity index (χ2v) is 4.30. The standard InChI is InChI=1S/C13H11ClN2/c14-11-4-5-12-10(9-11)6-8-16(12)13-3-1-2-7-15-13/h1-5,7,9H,6,8H2. The van der Waals surface area contributed by atoms with Gasteiger partial charge in [-0.3, -0.25) is 0 Å². The Bertz CT molecular complexity index is 511. The van der Waals surface area contributed by atoms with Crippen molar-refractivity contribution in [2.75, 3.05) is 11.4 Å². The maximum atomic E-state index is 5.98. The van der Waals surface area contributed by atoms with Gasteiger partial charge in [0, 0.05) is 23.5 Å². The molecule has 80 valence electrons. The molecule has 0 unspecified atom stereocenters. The topological polar surface area (TPSA) is 16.1 Å². The number of fused-ring (bicyclic) bond motifs is 1. The van der Waals surface area contributed by atoms with Crippen LogP contribution in [0.25, 0.3) is 0 Å². The van der Waals surface area contributed by atoms with Crippen LogP contribution in [-0.4, -0.2) is 11.5 Å². The molecule has 1 aliphatic heterocycles. The smallest absolute Gasteiger partial charge is 0.132 e. The molecule has 0 fully saturated rings. The van der Waals surface area contributed by atoms with Crippen LogP contribution in [0.15, 0.2) is 42.6 Å². The Hall–Kier alpha value is -1.54. The average Bonchev–Trinajstić information content (AvgIpc) is 2.73. The Morgan fingerprint density at radius 3 is 2.94 bits per heavy atom. The molecule has 3 rings (SSSR count). The Labute approximate surface area is 99.5 Å². The van der Waals surface area contributed by atoms with Gasteiger partial charge in [-0.15, -0.1) is 0 Å². The second kappa shape index (κ2) is 3.80. The lowest BCUT2D eigenvalue weighted by molar-refractivity contribution is 0.974. The van der Waals surface area contributed by atoms with Crippen molar-refractivity contribution < 1.29 is 0 Å². The van der Waals surface area contributed by atoms with Gasteiger partial charge in [0.1, 0.15) is 5.82 Å². The van der Waals surface area contributed by atoms with Gasteiger partial charge in [-0.25, -0.2) is 4.98 Å². The molecule has 0 atom stereocenters. The highest BCUT2D eigenvalue weighted by Gasteiger charge is 2.20. The summed E-state index contributed by atoms with van der Waals surface area (Å²) >= 11 is 5.98. The zero-order valence-electron chi connectivity index (χ0n) is 8.73. The summed E-state index contributed by atoms with van der Waals surface area (Å²) in [5.41, 5.74) is 2.53. The summed E-state index contributed by atoms with van der Waals surface area (Å²) in [6.07, 6.45) is 2.86. The van der Waals surface area contributed by atoms with E-state index < -0.39 is 0 Å². The van der Waals surface area contributed by atoms with E-state index in [0.717, 1.165) is 23.8 Å². The summed E-state index contributed by atoms with van der Waals surface area (Å²) in [5.74, 6) is 1.00. The van der Waals surface area contributed by atoms with E-state index in [-0.39, 0.29) is 0 Å². The van der Waals surface area contributed by atoms with E-state index in [0.29, 0.717) is 0 Å². The molecule has 2 nitrogen and oxygen atoms in total. The maximum absolute atomic E-state index is 5.98. The first-order chi connectivity index (χ1) is 7.84. The van der Waals surface area contributed by atoms with Gasteiger partial charge in [-0.2, -0.15) is 0 Å². The molecule has 1 aromatic heterocycles. The molecule has 3 heteroatoms. The van der Waals surface area contributed by atoms with Crippen molar-refractivity contribution in [2.45, 2.75) is 6.42 Å². The van der Waals surface area contributed by atoms with Crippen molar-refractivity contribution in [2.24, 2.45) is 0 Å². The molecule has 0 amide bonds. The summed E-state index contributed by atoms with van der Waals surface area (Å²) in [4.78, 5) is 6.60. The number of hydrogen-bond donors (Lipinski definition) is 0. The Morgan fingerprint density at radius 1 is 1.19 bits per heavy atom. The van der Waals surface area contributed by atoms with Crippen LogP contribution in [-0.2, 0) is 6.42 Å². The molecule has 0 N–H and O–H groups in total. The largest absolute Gasteiger partial charge is 0.326 e. The number of halogens is 1. The number of rotatable bonds is 1. The quantitative estimate of drug-likeness (QED) is 0.746. The van der Waals surface area contributed by atoms with Gasteiger partial charge in [-0.1, -0.05) is 17.7 Å². The zero-order valence-corrected chi connectivity index (χ0v) is 9.48. The minimum absolute atomic E-state index is 0.807. The summed E-state index contributed by atoms with van der Waals surface area (Å²) in [7, 11) is 0. The van der Waals surface area contributed by atoms with E-state index in [1.165, 1.54) is 11.3 Å². The molecule has 0 bridgehead atoms. The average molecular weight is 231 g/mol. The van der Waals surface area contributed by atoms with Crippen LogP contribution in [0, 0.1) is 0 Å². The number of pyridine rings is 1. The molecular weight excluding hydrogens is 220 g/mol. The molecule has 0 saturated heterocycles. The summed E-state index contributed by atoms with van der Waals surface area (Å²) in [6.45, 7) is 0.979. The molecule has 0 saturated carbocycles. The third kappa shape index (κ3) is 1.55. The highest BCUT2D eigenvalue weighted by molar-refractivity contribution is 6.30. The fourth-order valence-corrected chi connectivity index (χ4v) is 2.32. The van der Waals surface area contributed by atoms with Crippen molar-refractivity contribution in [3.63, 3.8) is 0 Å². The molecule has 0 radical (unpaired) electrons. The van der Waals surface area contributed by atoms with Crippen molar-refractivity contribution >= 4 is 23.1 Å². The Kier molecular flexibility index (Phi) is 2.29. The first-order valence-electron chi connectivity index (χ1n) is 5.31. The van der Waals surface area contributed by atoms with Crippen LogP contribution in [0.3, 0.4) is 0 Å². The van der Waals surface area contributed by atoms with Gasteiger partial charge in [0.15, 0.2) is 0 Å². The van der Waals surface area contributed by atoms with Gasteiger partial charge in [-0.05, 0) is 42.3 Å². The van der Waals surface area contributed by atoms with E-state index in [1.807, 2.05) is 36.5 Å². The van der Waals surface area contributed by atoms with Gasteiger partial charge in [0.05, 0.1) is 0 Å². The minimum Gasteiger partial charge on any atom is -0.326 e. The fraction of sp³-hybridized carbons (Fsp3) is 0.154. The van der Waals surface area contributed by atoms with Gasteiger partial charge < -0.3 is 4.90 Å². The van der Waals surface area contributed by atoms with Crippen LogP contribution in [0.5, 0.6) is 0 Å². The third-order valence-corrected chi connectivity index (χ3v) is 3.10. The van der Waals surface area contributed by atoms with Crippen molar-refractivity contribution in [3.05, 3.63) is 53.2 Å². The number of benzene rings is 1. The van der Waals surface area contributed by atoms with Crippen molar-refractivity contribution in [1.29, 1.82) is 0 Å². The van der Waals surface area contributed by atoms with Crippen LogP contribution in [0.2, 0.25) is 5.02 Å². The normalized spacial score (nSPS) is 13.9. The maximum Gasteiger partial charge on any atom is 0.132 e. The van der Waals surface area contributed by atoms with Crippen molar-refractivity contribution in [3.8, 4) is 0 Å². The molecule has 2 heterocycles. The first-order valence-corrected chi connectivity index (χ1v) is 5.69. The molecule has 0 spiro atoms. The predicted octanol–water partition coefficient (Wildman–Crippen LogP) is 3.43. The monoisotopic (exact) mass is 230 g/mol. The third-order valence-electron chi connectivity index (χ3n) is 2.86. The lowest BCUT2D eigenvalue weighted by atomic mass is 10.2. The highest BCUT2D eigenvalue weighted by atomic mass is 35.5. The van der Waals surface area contributed by atoms with Gasteiger partial charge >= 0.3 is 0 Å². The number of nitrogens with zero attached hydrogens (tertiary/aromatic N) is 2. The molecule has 2 aromatic rings. The SMILES string of the molecule is Clc1ccc2c(c1)CCN2c1ccccn1. The summed E-state index contributed by atoms with van der Waals surface area (Å²) < 4.78 is 0. The van der Waals surface area contributed by atoms with E-state index >= 15 is 0 Å². The molecule has 1 aliphatic rings. The second-order valence-electron chi connectivity index (χ2n) is 3.86. The van der Waals surface area contributed by atoms with Crippen LogP contribution in [0.1, 0.15) is 5.56 Å². The number of aromatic nitrogens is 1. The van der Waals surface area contributed by atoms with Crippen molar-refractivity contribution in [1.82, 2.24) is 4.98 Å². The Morgan fingerprint density at radius 2 is 2.12 bits per heavy atom. The van der Waals surface area contributed by atoms with Crippen LogP contribution < -0.4 is 4.90 Å². The lowest BCUT2D eigenvalue weighted by Gasteiger charge is -2.17. The highest BCUT2D eigenvalue weighted by Crippen LogP contribution is 2.34. The minimum atomic E-state index is 0.807. The zero-order chi connectivity index (χ0) is 11.0. The van der Waals surface area contributed by atoms with E-state index in [2.05, 4.69) is 16.0 Å². The summed E-state index contributed by atoms with van der Waals surface area (Å²) in [6, 6.07) is 12.0. The van der Waals surface area contributed by atoms with E-state index in [1.54, 1.807) is 0 Å². The first kappa shape index (κ1) is 9.67. The fourth-order valence-electron chi connectivity index (χ4n) is 2.12. The molecule has 16 heavy (non-hydrogen) atoms. The molecule has 1 aromatic carbocycles. The van der Waals surface area contributed by atoms with E-state index in [9.17, 15) is 0 Å². The van der Waals surface area contributed by atoms with E-state index in [4.69, 9.17) is 11.6 Å².